The highest BCUT2D eigenvalue weighted by Gasteiger charge is 2.12. The fourth-order valence-electron chi connectivity index (χ4n) is 3.26. The van der Waals surface area contributed by atoms with Crippen molar-refractivity contribution in [2.45, 2.75) is 20.8 Å². The Morgan fingerprint density at radius 1 is 0.900 bits per heavy atom. The van der Waals surface area contributed by atoms with E-state index < -0.39 is 0 Å². The van der Waals surface area contributed by atoms with Gasteiger partial charge in [0.25, 0.3) is 0 Å². The van der Waals surface area contributed by atoms with Crippen LogP contribution in [0.15, 0.2) is 42.6 Å². The molecule has 0 unspecified atom stereocenters. The summed E-state index contributed by atoms with van der Waals surface area (Å²) in [5, 5.41) is 3.81. The Morgan fingerprint density at radius 2 is 1.65 bits per heavy atom. The summed E-state index contributed by atoms with van der Waals surface area (Å²) in [4.78, 5) is 4.72. The molecule has 98 valence electrons. The van der Waals surface area contributed by atoms with Gasteiger partial charge in [0.15, 0.2) is 0 Å². The third kappa shape index (κ3) is 1.42. The van der Waals surface area contributed by atoms with Crippen LogP contribution in [-0.2, 0) is 0 Å². The average molecular weight is 260 g/mol. The van der Waals surface area contributed by atoms with Crippen LogP contribution in [-0.4, -0.2) is 9.38 Å². The molecule has 2 aromatic carbocycles. The van der Waals surface area contributed by atoms with Crippen molar-refractivity contribution >= 4 is 27.3 Å². The first-order valence-electron chi connectivity index (χ1n) is 6.92. The van der Waals surface area contributed by atoms with E-state index in [9.17, 15) is 0 Å². The summed E-state index contributed by atoms with van der Waals surface area (Å²) in [6.07, 6.45) is 2.13. The van der Waals surface area contributed by atoms with Gasteiger partial charge in [-0.05, 0) is 37.8 Å². The lowest BCUT2D eigenvalue weighted by Gasteiger charge is -2.11. The number of fused-ring (bicyclic) bond motifs is 6. The highest BCUT2D eigenvalue weighted by molar-refractivity contribution is 6.12. The molecular weight excluding hydrogens is 244 g/mol. The van der Waals surface area contributed by atoms with Crippen molar-refractivity contribution in [3.63, 3.8) is 0 Å². The van der Waals surface area contributed by atoms with Gasteiger partial charge in [0.05, 0.1) is 11.2 Å². The molecule has 2 aromatic heterocycles. The number of aryl methyl sites for hydroxylation is 3. The van der Waals surface area contributed by atoms with Gasteiger partial charge in [0, 0.05) is 17.0 Å². The molecule has 2 heterocycles. The second-order valence-corrected chi connectivity index (χ2v) is 5.60. The fraction of sp³-hybridized carbons (Fsp3) is 0.167. The standard InChI is InChI=1S/C18H16N2/c1-11-8-12(2)17-16(9-11)14-6-4-5-7-15(14)18-19-13(3)10-20(17)18/h4-10H,1-3H3. The Labute approximate surface area is 117 Å². The van der Waals surface area contributed by atoms with Crippen LogP contribution in [0.4, 0.5) is 0 Å². The lowest BCUT2D eigenvalue weighted by Crippen LogP contribution is -1.93. The van der Waals surface area contributed by atoms with Crippen LogP contribution in [0, 0.1) is 20.8 Å². The van der Waals surface area contributed by atoms with Gasteiger partial charge in [-0.3, -0.25) is 4.40 Å². The lowest BCUT2D eigenvalue weighted by atomic mass is 10.0. The first-order chi connectivity index (χ1) is 9.65. The summed E-state index contributed by atoms with van der Waals surface area (Å²) in [6, 6.07) is 13.1. The van der Waals surface area contributed by atoms with E-state index >= 15 is 0 Å². The van der Waals surface area contributed by atoms with Gasteiger partial charge in [-0.15, -0.1) is 0 Å². The first-order valence-corrected chi connectivity index (χ1v) is 6.92. The SMILES string of the molecule is Cc1cc(C)c2c(c1)c1ccccc1c1nc(C)cn12. The van der Waals surface area contributed by atoms with Crippen LogP contribution in [0.1, 0.15) is 16.8 Å². The molecule has 0 atom stereocenters. The largest absolute Gasteiger partial charge is 0.299 e. The molecule has 2 nitrogen and oxygen atoms in total. The smallest absolute Gasteiger partial charge is 0.145 e. The van der Waals surface area contributed by atoms with Crippen LogP contribution in [0.3, 0.4) is 0 Å². The van der Waals surface area contributed by atoms with Crippen LogP contribution >= 0.6 is 0 Å². The molecule has 0 amide bonds. The zero-order valence-electron chi connectivity index (χ0n) is 11.9. The highest BCUT2D eigenvalue weighted by atomic mass is 15.0. The summed E-state index contributed by atoms with van der Waals surface area (Å²) in [5.74, 6) is 0. The number of hydrogen-bond acceptors (Lipinski definition) is 1. The second kappa shape index (κ2) is 3.83. The van der Waals surface area contributed by atoms with E-state index in [-0.39, 0.29) is 0 Å². The van der Waals surface area contributed by atoms with Crippen molar-refractivity contribution in [1.82, 2.24) is 9.38 Å². The van der Waals surface area contributed by atoms with E-state index in [4.69, 9.17) is 4.98 Å². The van der Waals surface area contributed by atoms with Gasteiger partial charge < -0.3 is 0 Å². The van der Waals surface area contributed by atoms with Gasteiger partial charge in [-0.25, -0.2) is 4.98 Å². The van der Waals surface area contributed by atoms with Gasteiger partial charge in [0.1, 0.15) is 5.65 Å². The van der Waals surface area contributed by atoms with E-state index in [2.05, 4.69) is 67.8 Å². The number of aromatic nitrogens is 2. The zero-order valence-corrected chi connectivity index (χ0v) is 11.9. The Bertz CT molecular complexity index is 977. The third-order valence-electron chi connectivity index (χ3n) is 3.97. The number of imidazole rings is 1. The molecule has 2 heteroatoms. The first kappa shape index (κ1) is 11.5. The second-order valence-electron chi connectivity index (χ2n) is 5.60. The molecule has 0 saturated heterocycles. The van der Waals surface area contributed by atoms with Crippen molar-refractivity contribution in [2.75, 3.05) is 0 Å². The molecule has 0 radical (unpaired) electrons. The zero-order chi connectivity index (χ0) is 13.9. The molecular formula is C18H16N2. The van der Waals surface area contributed by atoms with E-state index in [1.807, 2.05) is 0 Å². The molecule has 0 aliphatic heterocycles. The number of hydrogen-bond donors (Lipinski definition) is 0. The number of pyridine rings is 1. The summed E-state index contributed by atoms with van der Waals surface area (Å²) in [7, 11) is 0. The van der Waals surface area contributed by atoms with Gasteiger partial charge in [-0.2, -0.15) is 0 Å². The molecule has 0 bridgehead atoms. The monoisotopic (exact) mass is 260 g/mol. The molecule has 0 saturated carbocycles. The molecule has 0 fully saturated rings. The van der Waals surface area contributed by atoms with E-state index in [0.717, 1.165) is 11.3 Å². The molecule has 4 rings (SSSR count). The maximum absolute atomic E-state index is 4.72. The number of benzene rings is 2. The molecule has 0 N–H and O–H groups in total. The maximum Gasteiger partial charge on any atom is 0.145 e. The summed E-state index contributed by atoms with van der Waals surface area (Å²) in [5.41, 5.74) is 5.98. The predicted molar refractivity (Wildman–Crippen MR) is 84.4 cm³/mol. The Hall–Kier alpha value is -2.35. The quantitative estimate of drug-likeness (QED) is 0.423. The maximum atomic E-state index is 4.72. The fourth-order valence-corrected chi connectivity index (χ4v) is 3.26. The third-order valence-corrected chi connectivity index (χ3v) is 3.97. The van der Waals surface area contributed by atoms with Crippen molar-refractivity contribution in [2.24, 2.45) is 0 Å². The van der Waals surface area contributed by atoms with Gasteiger partial charge >= 0.3 is 0 Å². The topological polar surface area (TPSA) is 17.3 Å². The van der Waals surface area contributed by atoms with Crippen molar-refractivity contribution in [3.8, 4) is 0 Å². The molecule has 4 aromatic rings. The number of nitrogens with zero attached hydrogens (tertiary/aromatic N) is 2. The van der Waals surface area contributed by atoms with Gasteiger partial charge in [-0.1, -0.05) is 35.9 Å². The minimum Gasteiger partial charge on any atom is -0.299 e. The molecule has 20 heavy (non-hydrogen) atoms. The van der Waals surface area contributed by atoms with Crippen LogP contribution < -0.4 is 0 Å². The minimum atomic E-state index is 1.05. The normalized spacial score (nSPS) is 11.8. The van der Waals surface area contributed by atoms with Crippen molar-refractivity contribution < 1.29 is 0 Å². The van der Waals surface area contributed by atoms with E-state index in [1.54, 1.807) is 0 Å². The van der Waals surface area contributed by atoms with Crippen molar-refractivity contribution in [1.29, 1.82) is 0 Å². The van der Waals surface area contributed by atoms with Crippen LogP contribution in [0.2, 0.25) is 0 Å². The van der Waals surface area contributed by atoms with Crippen molar-refractivity contribution in [3.05, 3.63) is 59.4 Å². The van der Waals surface area contributed by atoms with Crippen LogP contribution in [0.5, 0.6) is 0 Å². The Kier molecular flexibility index (Phi) is 2.19. The Morgan fingerprint density at radius 3 is 2.45 bits per heavy atom. The summed E-state index contributed by atoms with van der Waals surface area (Å²) >= 11 is 0. The molecule has 0 aliphatic carbocycles. The predicted octanol–water partition coefficient (Wildman–Crippen LogP) is 4.57. The molecule has 0 aliphatic rings. The average Bonchev–Trinajstić information content (AvgIpc) is 2.80. The Balaban J connectivity index is 2.45. The number of rotatable bonds is 0. The lowest BCUT2D eigenvalue weighted by molar-refractivity contribution is 1.24. The van der Waals surface area contributed by atoms with Crippen LogP contribution in [0.25, 0.3) is 27.3 Å². The minimum absolute atomic E-state index is 1.05. The summed E-state index contributed by atoms with van der Waals surface area (Å²) < 4.78 is 2.24. The van der Waals surface area contributed by atoms with E-state index in [0.29, 0.717) is 0 Å². The molecule has 0 spiro atoms. The summed E-state index contributed by atoms with van der Waals surface area (Å²) in [6.45, 7) is 6.39. The van der Waals surface area contributed by atoms with E-state index in [1.165, 1.54) is 32.8 Å². The highest BCUT2D eigenvalue weighted by Crippen LogP contribution is 2.31. The van der Waals surface area contributed by atoms with Gasteiger partial charge in [0.2, 0.25) is 0 Å².